The van der Waals surface area contributed by atoms with Gasteiger partial charge in [-0.05, 0) is 24.1 Å². The van der Waals surface area contributed by atoms with Gasteiger partial charge in [0.25, 0.3) is 0 Å². The summed E-state index contributed by atoms with van der Waals surface area (Å²) < 4.78 is 0. The van der Waals surface area contributed by atoms with Crippen molar-refractivity contribution in [2.75, 3.05) is 11.5 Å². The van der Waals surface area contributed by atoms with E-state index in [0.29, 0.717) is 5.92 Å². The third kappa shape index (κ3) is 2.30. The summed E-state index contributed by atoms with van der Waals surface area (Å²) in [6.45, 7) is 4.45. The molecule has 2 rings (SSSR count). The molecule has 0 unspecified atom stereocenters. The van der Waals surface area contributed by atoms with Gasteiger partial charge in [-0.15, -0.1) is 11.8 Å². The number of benzene rings is 1. The van der Waals surface area contributed by atoms with Crippen molar-refractivity contribution in [1.29, 1.82) is 0 Å². The Hall–Kier alpha value is -1.22. The number of nitrogens with zero attached hydrogens (tertiary/aromatic N) is 1. The lowest BCUT2D eigenvalue weighted by atomic mass is 10.1. The number of nitrogens with two attached hydrogens (primary N) is 1. The number of rotatable bonds is 3. The van der Waals surface area contributed by atoms with Gasteiger partial charge in [0.15, 0.2) is 0 Å². The van der Waals surface area contributed by atoms with Crippen LogP contribution in [0.5, 0.6) is 0 Å². The summed E-state index contributed by atoms with van der Waals surface area (Å²) in [6, 6.07) is 6.04. The van der Waals surface area contributed by atoms with Crippen molar-refractivity contribution in [2.24, 2.45) is 5.92 Å². The van der Waals surface area contributed by atoms with Crippen LogP contribution >= 0.6 is 11.8 Å². The first-order valence-electron chi connectivity index (χ1n) is 5.43. The van der Waals surface area contributed by atoms with Gasteiger partial charge in [0.05, 0.1) is 0 Å². The highest BCUT2D eigenvalue weighted by molar-refractivity contribution is 7.99. The Labute approximate surface area is 100 Å². The zero-order valence-electron chi connectivity index (χ0n) is 9.60. The molecular weight excluding hydrogens is 216 g/mol. The highest BCUT2D eigenvalue weighted by Crippen LogP contribution is 2.31. The molecular formula is C13H16N2S. The molecule has 0 amide bonds. The average Bonchev–Trinajstić information content (AvgIpc) is 2.28. The number of hydrogen-bond acceptors (Lipinski definition) is 3. The van der Waals surface area contributed by atoms with Crippen LogP contribution in [0, 0.1) is 5.92 Å². The van der Waals surface area contributed by atoms with E-state index in [-0.39, 0.29) is 0 Å². The molecule has 0 saturated heterocycles. The molecule has 0 spiro atoms. The third-order valence-electron chi connectivity index (χ3n) is 2.38. The number of hydrogen-bond donors (Lipinski definition) is 1. The predicted octanol–water partition coefficient (Wildman–Crippen LogP) is 3.57. The lowest BCUT2D eigenvalue weighted by Gasteiger charge is -2.09. The molecule has 2 nitrogen and oxygen atoms in total. The van der Waals surface area contributed by atoms with E-state index in [9.17, 15) is 0 Å². The van der Waals surface area contributed by atoms with E-state index < -0.39 is 0 Å². The van der Waals surface area contributed by atoms with E-state index in [1.54, 1.807) is 6.20 Å². The van der Waals surface area contributed by atoms with Crippen LogP contribution < -0.4 is 5.73 Å². The number of anilines is 1. The van der Waals surface area contributed by atoms with Crippen LogP contribution in [-0.4, -0.2) is 10.7 Å². The number of nitrogen functional groups attached to an aromatic ring is 1. The Morgan fingerprint density at radius 1 is 1.25 bits per heavy atom. The zero-order valence-corrected chi connectivity index (χ0v) is 10.4. The Kier molecular flexibility index (Phi) is 3.34. The summed E-state index contributed by atoms with van der Waals surface area (Å²) in [5.74, 6) is 1.81. The standard InChI is InChI=1S/C13H16N2S/c1-9(2)8-16-13-4-3-12(14)10-5-6-15-7-11(10)13/h3-7,9H,8,14H2,1-2H3. The highest BCUT2D eigenvalue weighted by Gasteiger charge is 2.05. The van der Waals surface area contributed by atoms with Gasteiger partial charge >= 0.3 is 0 Å². The molecule has 1 aromatic heterocycles. The van der Waals surface area contributed by atoms with Gasteiger partial charge in [-0.2, -0.15) is 0 Å². The second kappa shape index (κ2) is 4.74. The van der Waals surface area contributed by atoms with Gasteiger partial charge in [0, 0.05) is 39.5 Å². The highest BCUT2D eigenvalue weighted by atomic mass is 32.2. The van der Waals surface area contributed by atoms with Crippen LogP contribution in [0.1, 0.15) is 13.8 Å². The molecule has 0 saturated carbocycles. The first-order valence-corrected chi connectivity index (χ1v) is 6.42. The fraction of sp³-hybridized carbons (Fsp3) is 0.308. The van der Waals surface area contributed by atoms with Gasteiger partial charge in [0.2, 0.25) is 0 Å². The number of aromatic nitrogens is 1. The van der Waals surface area contributed by atoms with Crippen molar-refractivity contribution in [2.45, 2.75) is 18.7 Å². The minimum absolute atomic E-state index is 0.689. The van der Waals surface area contributed by atoms with E-state index in [1.807, 2.05) is 30.1 Å². The predicted molar refractivity (Wildman–Crippen MR) is 71.7 cm³/mol. The number of pyridine rings is 1. The Bertz CT molecular complexity index is 494. The van der Waals surface area contributed by atoms with Gasteiger partial charge in [-0.1, -0.05) is 13.8 Å². The van der Waals surface area contributed by atoms with Crippen LogP contribution in [-0.2, 0) is 0 Å². The smallest absolute Gasteiger partial charge is 0.0395 e. The van der Waals surface area contributed by atoms with Crippen molar-refractivity contribution in [3.8, 4) is 0 Å². The lowest BCUT2D eigenvalue weighted by Crippen LogP contribution is -1.92. The van der Waals surface area contributed by atoms with Crippen LogP contribution in [0.3, 0.4) is 0 Å². The molecule has 0 atom stereocenters. The Morgan fingerprint density at radius 2 is 2.06 bits per heavy atom. The molecule has 0 bridgehead atoms. The quantitative estimate of drug-likeness (QED) is 0.649. The largest absolute Gasteiger partial charge is 0.398 e. The van der Waals surface area contributed by atoms with Crippen LogP contribution in [0.2, 0.25) is 0 Å². The molecule has 2 aromatic rings. The molecule has 0 fully saturated rings. The summed E-state index contributed by atoms with van der Waals surface area (Å²) in [4.78, 5) is 5.44. The molecule has 16 heavy (non-hydrogen) atoms. The zero-order chi connectivity index (χ0) is 11.5. The van der Waals surface area contributed by atoms with Crippen molar-refractivity contribution in [1.82, 2.24) is 4.98 Å². The van der Waals surface area contributed by atoms with Gasteiger partial charge in [-0.25, -0.2) is 0 Å². The minimum atomic E-state index is 0.689. The van der Waals surface area contributed by atoms with Crippen molar-refractivity contribution in [3.63, 3.8) is 0 Å². The maximum absolute atomic E-state index is 5.94. The summed E-state index contributed by atoms with van der Waals surface area (Å²) in [6.07, 6.45) is 3.68. The molecule has 0 aliphatic heterocycles. The van der Waals surface area contributed by atoms with Crippen LogP contribution in [0.4, 0.5) is 5.69 Å². The monoisotopic (exact) mass is 232 g/mol. The second-order valence-corrected chi connectivity index (χ2v) is 5.34. The number of thioether (sulfide) groups is 1. The summed E-state index contributed by atoms with van der Waals surface area (Å²) in [5.41, 5.74) is 6.77. The van der Waals surface area contributed by atoms with E-state index >= 15 is 0 Å². The SMILES string of the molecule is CC(C)CSc1ccc(N)c2ccncc12. The lowest BCUT2D eigenvalue weighted by molar-refractivity contribution is 0.750. The normalized spacial score (nSPS) is 11.2. The molecule has 1 heterocycles. The van der Waals surface area contributed by atoms with Crippen molar-refractivity contribution < 1.29 is 0 Å². The number of fused-ring (bicyclic) bond motifs is 1. The second-order valence-electron chi connectivity index (χ2n) is 4.28. The summed E-state index contributed by atoms with van der Waals surface area (Å²) in [5, 5.41) is 2.26. The van der Waals surface area contributed by atoms with E-state index in [1.165, 1.54) is 4.90 Å². The molecule has 0 aliphatic rings. The molecule has 1 aromatic carbocycles. The first-order chi connectivity index (χ1) is 7.68. The molecule has 0 aliphatic carbocycles. The van der Waals surface area contributed by atoms with Crippen LogP contribution in [0.15, 0.2) is 35.5 Å². The topological polar surface area (TPSA) is 38.9 Å². The van der Waals surface area contributed by atoms with E-state index in [0.717, 1.165) is 22.2 Å². The van der Waals surface area contributed by atoms with Crippen LogP contribution in [0.25, 0.3) is 10.8 Å². The van der Waals surface area contributed by atoms with Gasteiger partial charge < -0.3 is 5.73 Å². The maximum Gasteiger partial charge on any atom is 0.0395 e. The van der Waals surface area contributed by atoms with E-state index in [4.69, 9.17) is 5.73 Å². The molecule has 2 N–H and O–H groups in total. The van der Waals surface area contributed by atoms with Crippen molar-refractivity contribution in [3.05, 3.63) is 30.6 Å². The summed E-state index contributed by atoms with van der Waals surface area (Å²) >= 11 is 1.87. The molecule has 0 radical (unpaired) electrons. The van der Waals surface area contributed by atoms with Gasteiger partial charge in [0.1, 0.15) is 0 Å². The third-order valence-corrected chi connectivity index (χ3v) is 3.88. The fourth-order valence-electron chi connectivity index (χ4n) is 1.57. The van der Waals surface area contributed by atoms with Crippen molar-refractivity contribution >= 4 is 28.2 Å². The van der Waals surface area contributed by atoms with E-state index in [2.05, 4.69) is 24.9 Å². The minimum Gasteiger partial charge on any atom is -0.398 e. The fourth-order valence-corrected chi connectivity index (χ4v) is 2.57. The Balaban J connectivity index is 2.42. The van der Waals surface area contributed by atoms with Gasteiger partial charge in [-0.3, -0.25) is 4.98 Å². The molecule has 84 valence electrons. The first kappa shape index (κ1) is 11.3. The summed E-state index contributed by atoms with van der Waals surface area (Å²) in [7, 11) is 0. The maximum atomic E-state index is 5.94. The average molecular weight is 232 g/mol. The molecule has 3 heteroatoms. The Morgan fingerprint density at radius 3 is 2.81 bits per heavy atom.